The molecule has 1 aromatic rings. The summed E-state index contributed by atoms with van der Waals surface area (Å²) in [5.74, 6) is -0.167. The van der Waals surface area contributed by atoms with E-state index in [1.807, 2.05) is 0 Å². The zero-order valence-electron chi connectivity index (χ0n) is 12.4. The predicted molar refractivity (Wildman–Crippen MR) is 82.3 cm³/mol. The first kappa shape index (κ1) is 15.3. The monoisotopic (exact) mass is 296 g/mol. The van der Waals surface area contributed by atoms with Crippen molar-refractivity contribution in [2.75, 3.05) is 18.6 Å². The molecule has 0 aliphatic heterocycles. The fourth-order valence-corrected chi connectivity index (χ4v) is 3.81. The average Bonchev–Trinajstić information content (AvgIpc) is 2.95. The highest BCUT2D eigenvalue weighted by molar-refractivity contribution is 7.13. The molecule has 1 aliphatic carbocycles. The molecule has 1 fully saturated rings. The number of ether oxygens (including phenoxy) is 1. The summed E-state index contributed by atoms with van der Waals surface area (Å²) < 4.78 is 4.67. The van der Waals surface area contributed by atoms with E-state index in [0.29, 0.717) is 18.9 Å². The minimum atomic E-state index is -0.167. The number of rotatable bonds is 6. The Morgan fingerprint density at radius 2 is 2.20 bits per heavy atom. The van der Waals surface area contributed by atoms with Gasteiger partial charge in [-0.05, 0) is 19.8 Å². The van der Waals surface area contributed by atoms with E-state index in [0.717, 1.165) is 17.4 Å². The van der Waals surface area contributed by atoms with Crippen molar-refractivity contribution in [3.63, 3.8) is 0 Å². The topological polar surface area (TPSA) is 42.4 Å². The van der Waals surface area contributed by atoms with Crippen LogP contribution in [0.3, 0.4) is 0 Å². The normalized spacial score (nSPS) is 16.1. The highest BCUT2D eigenvalue weighted by Gasteiger charge is 2.22. The number of anilines is 1. The van der Waals surface area contributed by atoms with Gasteiger partial charge in [0.1, 0.15) is 0 Å². The van der Waals surface area contributed by atoms with Crippen LogP contribution in [0.1, 0.15) is 51.1 Å². The van der Waals surface area contributed by atoms with Gasteiger partial charge in [0, 0.05) is 24.4 Å². The van der Waals surface area contributed by atoms with Crippen LogP contribution in [0.15, 0.2) is 5.38 Å². The molecule has 0 radical (unpaired) electrons. The molecule has 0 atom stereocenters. The number of hydrogen-bond acceptors (Lipinski definition) is 5. The average molecular weight is 296 g/mol. The molecule has 0 saturated heterocycles. The number of thiazole rings is 1. The van der Waals surface area contributed by atoms with E-state index in [1.165, 1.54) is 39.2 Å². The molecule has 1 aromatic heterocycles. The molecule has 20 heavy (non-hydrogen) atoms. The van der Waals surface area contributed by atoms with Crippen LogP contribution in [-0.2, 0) is 16.0 Å². The van der Waals surface area contributed by atoms with Gasteiger partial charge in [-0.15, -0.1) is 11.3 Å². The SMILES string of the molecule is CCN(c1nc(CCC(=O)OC)cs1)C1CCCCC1. The highest BCUT2D eigenvalue weighted by Crippen LogP contribution is 2.29. The summed E-state index contributed by atoms with van der Waals surface area (Å²) in [5, 5.41) is 3.18. The fraction of sp³-hybridized carbons (Fsp3) is 0.733. The van der Waals surface area contributed by atoms with E-state index in [9.17, 15) is 4.79 Å². The minimum Gasteiger partial charge on any atom is -0.469 e. The zero-order valence-corrected chi connectivity index (χ0v) is 13.2. The molecule has 2 rings (SSSR count). The Balaban J connectivity index is 1.96. The molecule has 5 heteroatoms. The Morgan fingerprint density at radius 3 is 2.85 bits per heavy atom. The summed E-state index contributed by atoms with van der Waals surface area (Å²) in [5.41, 5.74) is 1.00. The molecular formula is C15H24N2O2S. The number of aryl methyl sites for hydroxylation is 1. The van der Waals surface area contributed by atoms with Crippen LogP contribution in [-0.4, -0.2) is 30.6 Å². The summed E-state index contributed by atoms with van der Waals surface area (Å²) in [6, 6.07) is 0.647. The van der Waals surface area contributed by atoms with E-state index >= 15 is 0 Å². The maximum Gasteiger partial charge on any atom is 0.305 e. The van der Waals surface area contributed by atoms with Gasteiger partial charge in [-0.1, -0.05) is 19.3 Å². The van der Waals surface area contributed by atoms with Gasteiger partial charge in [0.2, 0.25) is 0 Å². The van der Waals surface area contributed by atoms with Crippen molar-refractivity contribution < 1.29 is 9.53 Å². The van der Waals surface area contributed by atoms with Crippen LogP contribution in [0.5, 0.6) is 0 Å². The van der Waals surface area contributed by atoms with Gasteiger partial charge in [-0.25, -0.2) is 4.98 Å². The zero-order chi connectivity index (χ0) is 14.4. The van der Waals surface area contributed by atoms with E-state index < -0.39 is 0 Å². The number of carbonyl (C=O) groups excluding carboxylic acids is 1. The maximum absolute atomic E-state index is 11.2. The summed E-state index contributed by atoms with van der Waals surface area (Å²) in [6.45, 7) is 3.21. The molecule has 1 aliphatic rings. The molecule has 0 spiro atoms. The predicted octanol–water partition coefficient (Wildman–Crippen LogP) is 3.41. The van der Waals surface area contributed by atoms with Gasteiger partial charge in [-0.3, -0.25) is 4.79 Å². The number of nitrogens with zero attached hydrogens (tertiary/aromatic N) is 2. The minimum absolute atomic E-state index is 0.167. The van der Waals surface area contributed by atoms with Crippen molar-refractivity contribution in [2.45, 2.75) is 57.9 Å². The number of hydrogen-bond donors (Lipinski definition) is 0. The lowest BCUT2D eigenvalue weighted by Gasteiger charge is -2.33. The largest absolute Gasteiger partial charge is 0.469 e. The summed E-state index contributed by atoms with van der Waals surface area (Å²) in [7, 11) is 1.43. The number of aromatic nitrogens is 1. The number of esters is 1. The first-order valence-electron chi connectivity index (χ1n) is 7.52. The standard InChI is InChI=1S/C15H24N2O2S/c1-3-17(13-7-5-4-6-8-13)15-16-12(11-20-15)9-10-14(18)19-2/h11,13H,3-10H2,1-2H3. The fourth-order valence-electron chi connectivity index (χ4n) is 2.82. The lowest BCUT2D eigenvalue weighted by Crippen LogP contribution is -2.36. The van der Waals surface area contributed by atoms with Crippen molar-refractivity contribution in [3.05, 3.63) is 11.1 Å². The Kier molecular flexibility index (Phi) is 5.83. The molecule has 0 amide bonds. The van der Waals surface area contributed by atoms with Gasteiger partial charge in [-0.2, -0.15) is 0 Å². The second-order valence-electron chi connectivity index (χ2n) is 5.28. The number of carbonyl (C=O) groups is 1. The van der Waals surface area contributed by atoms with Crippen molar-refractivity contribution in [1.29, 1.82) is 0 Å². The van der Waals surface area contributed by atoms with Crippen molar-refractivity contribution in [1.82, 2.24) is 4.98 Å². The molecule has 0 bridgehead atoms. The third-order valence-electron chi connectivity index (χ3n) is 3.95. The molecule has 1 heterocycles. The van der Waals surface area contributed by atoms with Gasteiger partial charge in [0.25, 0.3) is 0 Å². The van der Waals surface area contributed by atoms with E-state index in [2.05, 4.69) is 21.9 Å². The lowest BCUT2D eigenvalue weighted by atomic mass is 9.94. The smallest absolute Gasteiger partial charge is 0.305 e. The van der Waals surface area contributed by atoms with Crippen LogP contribution in [0, 0.1) is 0 Å². The maximum atomic E-state index is 11.2. The van der Waals surface area contributed by atoms with Crippen LogP contribution in [0.4, 0.5) is 5.13 Å². The van der Waals surface area contributed by atoms with Crippen LogP contribution in [0.2, 0.25) is 0 Å². The van der Waals surface area contributed by atoms with Crippen LogP contribution < -0.4 is 4.90 Å². The number of methoxy groups -OCH3 is 1. The van der Waals surface area contributed by atoms with Gasteiger partial charge >= 0.3 is 5.97 Å². The third-order valence-corrected chi connectivity index (χ3v) is 4.88. The highest BCUT2D eigenvalue weighted by atomic mass is 32.1. The summed E-state index contributed by atoms with van der Waals surface area (Å²) in [6.07, 6.45) is 7.69. The first-order valence-corrected chi connectivity index (χ1v) is 8.40. The van der Waals surface area contributed by atoms with Crippen molar-refractivity contribution in [2.24, 2.45) is 0 Å². The lowest BCUT2D eigenvalue weighted by molar-refractivity contribution is -0.140. The van der Waals surface area contributed by atoms with Crippen molar-refractivity contribution in [3.8, 4) is 0 Å². The van der Waals surface area contributed by atoms with Gasteiger partial charge in [0.05, 0.1) is 19.2 Å². The second kappa shape index (κ2) is 7.62. The van der Waals surface area contributed by atoms with E-state index in [4.69, 9.17) is 4.98 Å². The molecule has 4 nitrogen and oxygen atoms in total. The molecule has 1 saturated carbocycles. The molecule has 0 N–H and O–H groups in total. The van der Waals surface area contributed by atoms with E-state index in [1.54, 1.807) is 11.3 Å². The van der Waals surface area contributed by atoms with Gasteiger partial charge < -0.3 is 9.64 Å². The molecule has 0 aromatic carbocycles. The van der Waals surface area contributed by atoms with E-state index in [-0.39, 0.29) is 5.97 Å². The van der Waals surface area contributed by atoms with Crippen LogP contribution in [0.25, 0.3) is 0 Å². The summed E-state index contributed by atoms with van der Waals surface area (Å²) >= 11 is 1.70. The Hall–Kier alpha value is -1.10. The third kappa shape index (κ3) is 3.95. The summed E-state index contributed by atoms with van der Waals surface area (Å²) in [4.78, 5) is 18.3. The molecule has 112 valence electrons. The van der Waals surface area contributed by atoms with Crippen molar-refractivity contribution >= 4 is 22.4 Å². The quantitative estimate of drug-likeness (QED) is 0.755. The Morgan fingerprint density at radius 1 is 1.45 bits per heavy atom. The van der Waals surface area contributed by atoms with Gasteiger partial charge in [0.15, 0.2) is 5.13 Å². The van der Waals surface area contributed by atoms with Crippen LogP contribution >= 0.6 is 11.3 Å². The molecular weight excluding hydrogens is 272 g/mol. The Bertz CT molecular complexity index is 427. The first-order chi connectivity index (χ1) is 9.74. The Labute approximate surface area is 125 Å². The second-order valence-corrected chi connectivity index (χ2v) is 6.11. The molecule has 0 unspecified atom stereocenters.